The first kappa shape index (κ1) is 22.7. The van der Waals surface area contributed by atoms with Crippen LogP contribution in [0.1, 0.15) is 54.6 Å². The summed E-state index contributed by atoms with van der Waals surface area (Å²) >= 11 is 6.29. The van der Waals surface area contributed by atoms with Crippen molar-refractivity contribution in [3.63, 3.8) is 0 Å². The molecule has 1 saturated carbocycles. The van der Waals surface area contributed by atoms with Gasteiger partial charge in [-0.3, -0.25) is 9.48 Å². The van der Waals surface area contributed by atoms with Crippen LogP contribution < -0.4 is 5.32 Å². The number of hydrogen-bond acceptors (Lipinski definition) is 5. The minimum Gasteiger partial charge on any atom is -0.394 e. The van der Waals surface area contributed by atoms with Crippen LogP contribution in [0.25, 0.3) is 11.3 Å². The maximum atomic E-state index is 12.9. The molecule has 0 aliphatic heterocycles. The van der Waals surface area contributed by atoms with E-state index in [1.54, 1.807) is 22.9 Å². The van der Waals surface area contributed by atoms with Crippen molar-refractivity contribution in [3.8, 4) is 11.3 Å². The first-order valence-electron chi connectivity index (χ1n) is 10.5. The quantitative estimate of drug-likeness (QED) is 0.395. The lowest BCUT2D eigenvalue weighted by molar-refractivity contribution is 0.0532. The van der Waals surface area contributed by atoms with Crippen LogP contribution in [-0.4, -0.2) is 49.9 Å². The van der Waals surface area contributed by atoms with Crippen molar-refractivity contribution in [2.75, 3.05) is 6.61 Å². The number of halogens is 1. The second-order valence-corrected chi connectivity index (χ2v) is 8.46. The Morgan fingerprint density at radius 1 is 1.23 bits per heavy atom. The SMILES string of the molecule is Cc1cc(-c2ccc(Cl)c(C(=O)NC(O)C3CCCCCC3)c2)n(CC(O)CO)n1. The van der Waals surface area contributed by atoms with Crippen LogP contribution in [0.15, 0.2) is 24.3 Å². The molecular weight excluding hydrogens is 406 g/mol. The third-order valence-electron chi connectivity index (χ3n) is 5.63. The molecule has 3 rings (SSSR count). The van der Waals surface area contributed by atoms with Gasteiger partial charge in [0.2, 0.25) is 0 Å². The molecule has 1 aliphatic carbocycles. The van der Waals surface area contributed by atoms with Gasteiger partial charge in [-0.1, -0.05) is 43.4 Å². The van der Waals surface area contributed by atoms with Crippen molar-refractivity contribution in [2.24, 2.45) is 5.92 Å². The standard InChI is InChI=1S/C22H30ClN3O4/c1-14-10-20(26(25-14)12-17(28)13-27)16-8-9-19(23)18(11-16)22(30)24-21(29)15-6-4-2-3-5-7-15/h8-11,15,17,21,27-29H,2-7,12-13H2,1H3,(H,24,30). The minimum atomic E-state index is -0.937. The van der Waals surface area contributed by atoms with Gasteiger partial charge in [0, 0.05) is 11.5 Å². The molecule has 1 heterocycles. The fourth-order valence-electron chi connectivity index (χ4n) is 3.99. The van der Waals surface area contributed by atoms with E-state index in [-0.39, 0.29) is 24.6 Å². The lowest BCUT2D eigenvalue weighted by Crippen LogP contribution is -2.40. The van der Waals surface area contributed by atoms with E-state index in [2.05, 4.69) is 10.4 Å². The van der Waals surface area contributed by atoms with E-state index in [0.717, 1.165) is 31.4 Å². The average molecular weight is 436 g/mol. The summed E-state index contributed by atoms with van der Waals surface area (Å²) in [6, 6.07) is 6.92. The minimum absolute atomic E-state index is 0.0578. The van der Waals surface area contributed by atoms with E-state index in [1.165, 1.54) is 12.8 Å². The van der Waals surface area contributed by atoms with E-state index in [1.807, 2.05) is 13.0 Å². The maximum absolute atomic E-state index is 12.9. The first-order chi connectivity index (χ1) is 14.4. The van der Waals surface area contributed by atoms with Gasteiger partial charge in [-0.15, -0.1) is 0 Å². The number of amides is 1. The number of aliphatic hydroxyl groups is 3. The Morgan fingerprint density at radius 3 is 2.60 bits per heavy atom. The van der Waals surface area contributed by atoms with E-state index in [4.69, 9.17) is 16.7 Å². The number of aromatic nitrogens is 2. The van der Waals surface area contributed by atoms with Gasteiger partial charge in [0.25, 0.3) is 5.91 Å². The molecule has 30 heavy (non-hydrogen) atoms. The van der Waals surface area contributed by atoms with Crippen molar-refractivity contribution in [1.82, 2.24) is 15.1 Å². The number of hydrogen-bond donors (Lipinski definition) is 4. The van der Waals surface area contributed by atoms with Crippen molar-refractivity contribution >= 4 is 17.5 Å². The van der Waals surface area contributed by atoms with Crippen molar-refractivity contribution in [1.29, 1.82) is 0 Å². The number of carbonyl (C=O) groups is 1. The van der Waals surface area contributed by atoms with E-state index in [9.17, 15) is 15.0 Å². The molecular formula is C22H30ClN3O4. The number of aliphatic hydroxyl groups excluding tert-OH is 3. The predicted molar refractivity (Wildman–Crippen MR) is 115 cm³/mol. The molecule has 1 aliphatic rings. The average Bonchev–Trinajstić information content (AvgIpc) is 2.92. The van der Waals surface area contributed by atoms with Crippen LogP contribution in [0, 0.1) is 12.8 Å². The van der Waals surface area contributed by atoms with Gasteiger partial charge in [0.15, 0.2) is 0 Å². The van der Waals surface area contributed by atoms with Gasteiger partial charge in [0.1, 0.15) is 6.23 Å². The Kier molecular flexibility index (Phi) is 7.88. The summed E-state index contributed by atoms with van der Waals surface area (Å²) in [6.07, 6.45) is 4.44. The first-order valence-corrected chi connectivity index (χ1v) is 10.9. The number of carbonyl (C=O) groups excluding carboxylic acids is 1. The van der Waals surface area contributed by atoms with E-state index < -0.39 is 18.2 Å². The molecule has 0 spiro atoms. The van der Waals surface area contributed by atoms with Gasteiger partial charge >= 0.3 is 0 Å². The smallest absolute Gasteiger partial charge is 0.254 e. The molecule has 1 amide bonds. The molecule has 4 N–H and O–H groups in total. The zero-order chi connectivity index (χ0) is 21.7. The predicted octanol–water partition coefficient (Wildman–Crippen LogP) is 2.88. The normalized spacial score (nSPS) is 17.4. The van der Waals surface area contributed by atoms with Crippen LogP contribution in [-0.2, 0) is 6.54 Å². The summed E-state index contributed by atoms with van der Waals surface area (Å²) in [5.41, 5.74) is 2.43. The molecule has 1 aromatic carbocycles. The molecule has 2 atom stereocenters. The molecule has 2 aromatic rings. The number of nitrogens with zero attached hydrogens (tertiary/aromatic N) is 2. The molecule has 0 saturated heterocycles. The highest BCUT2D eigenvalue weighted by molar-refractivity contribution is 6.34. The molecule has 0 radical (unpaired) electrons. The number of rotatable bonds is 7. The molecule has 1 fully saturated rings. The van der Waals surface area contributed by atoms with E-state index in [0.29, 0.717) is 16.3 Å². The highest BCUT2D eigenvalue weighted by Crippen LogP contribution is 2.28. The lowest BCUT2D eigenvalue weighted by Gasteiger charge is -2.22. The zero-order valence-electron chi connectivity index (χ0n) is 17.2. The van der Waals surface area contributed by atoms with Gasteiger partial charge < -0.3 is 20.6 Å². The van der Waals surface area contributed by atoms with Crippen LogP contribution in [0.5, 0.6) is 0 Å². The second kappa shape index (κ2) is 10.4. The third-order valence-corrected chi connectivity index (χ3v) is 5.96. The monoisotopic (exact) mass is 435 g/mol. The number of aryl methyl sites for hydroxylation is 1. The van der Waals surface area contributed by atoms with Crippen LogP contribution in [0.2, 0.25) is 5.02 Å². The molecule has 164 valence electrons. The lowest BCUT2D eigenvalue weighted by atomic mass is 9.98. The molecule has 8 heteroatoms. The Labute approximate surface area is 181 Å². The maximum Gasteiger partial charge on any atom is 0.254 e. The van der Waals surface area contributed by atoms with E-state index >= 15 is 0 Å². The summed E-state index contributed by atoms with van der Waals surface area (Å²) in [6.45, 7) is 1.59. The van der Waals surface area contributed by atoms with Crippen molar-refractivity contribution in [2.45, 2.75) is 64.3 Å². The molecule has 0 bridgehead atoms. The van der Waals surface area contributed by atoms with Crippen LogP contribution in [0.3, 0.4) is 0 Å². The highest BCUT2D eigenvalue weighted by atomic mass is 35.5. The zero-order valence-corrected chi connectivity index (χ0v) is 18.0. The highest BCUT2D eigenvalue weighted by Gasteiger charge is 2.24. The fourth-order valence-corrected chi connectivity index (χ4v) is 4.19. The van der Waals surface area contributed by atoms with Crippen molar-refractivity contribution in [3.05, 3.63) is 40.5 Å². The van der Waals surface area contributed by atoms with Crippen LogP contribution >= 0.6 is 11.6 Å². The fraction of sp³-hybridized carbons (Fsp3) is 0.545. The summed E-state index contributed by atoms with van der Waals surface area (Å²) < 4.78 is 1.60. The Balaban J connectivity index is 1.81. The molecule has 1 aromatic heterocycles. The van der Waals surface area contributed by atoms with Crippen molar-refractivity contribution < 1.29 is 20.1 Å². The van der Waals surface area contributed by atoms with Gasteiger partial charge in [-0.25, -0.2) is 0 Å². The van der Waals surface area contributed by atoms with Gasteiger partial charge in [-0.05, 0) is 38.0 Å². The van der Waals surface area contributed by atoms with Gasteiger partial charge in [0.05, 0.1) is 41.2 Å². The Bertz CT molecular complexity index is 862. The van der Waals surface area contributed by atoms with Gasteiger partial charge in [-0.2, -0.15) is 5.10 Å². The topological polar surface area (TPSA) is 108 Å². The molecule has 2 unspecified atom stereocenters. The number of nitrogens with one attached hydrogen (secondary N) is 1. The Morgan fingerprint density at radius 2 is 1.93 bits per heavy atom. The largest absolute Gasteiger partial charge is 0.394 e. The summed E-state index contributed by atoms with van der Waals surface area (Å²) in [5.74, 6) is -0.362. The molecule has 7 nitrogen and oxygen atoms in total. The third kappa shape index (κ3) is 5.60. The second-order valence-electron chi connectivity index (χ2n) is 8.05. The van der Waals surface area contributed by atoms with Crippen LogP contribution in [0.4, 0.5) is 0 Å². The summed E-state index contributed by atoms with van der Waals surface area (Å²) in [4.78, 5) is 12.9. The summed E-state index contributed by atoms with van der Waals surface area (Å²) in [5, 5.41) is 36.8. The number of benzene rings is 1. The Hall–Kier alpha value is -1.93. The summed E-state index contributed by atoms with van der Waals surface area (Å²) in [7, 11) is 0.